The molecule has 0 aliphatic heterocycles. The lowest BCUT2D eigenvalue weighted by atomic mass is 9.88. The van der Waals surface area contributed by atoms with E-state index in [9.17, 15) is 9.59 Å². The Hall–Kier alpha value is -1.06. The fourth-order valence-corrected chi connectivity index (χ4v) is 1.79. The van der Waals surface area contributed by atoms with Gasteiger partial charge in [-0.1, -0.05) is 27.7 Å². The van der Waals surface area contributed by atoms with Crippen LogP contribution in [0.3, 0.4) is 0 Å². The van der Waals surface area contributed by atoms with Gasteiger partial charge >= 0.3 is 5.97 Å². The SMILES string of the molecule is CCC(CC)(CC(=O)O)NC(=O)CCC(C)C. The largest absolute Gasteiger partial charge is 0.481 e. The van der Waals surface area contributed by atoms with E-state index < -0.39 is 11.5 Å². The van der Waals surface area contributed by atoms with Crippen molar-refractivity contribution in [2.75, 3.05) is 0 Å². The van der Waals surface area contributed by atoms with Gasteiger partial charge in [-0.05, 0) is 25.2 Å². The van der Waals surface area contributed by atoms with Crippen molar-refractivity contribution in [3.05, 3.63) is 0 Å². The van der Waals surface area contributed by atoms with Gasteiger partial charge in [0.25, 0.3) is 0 Å². The van der Waals surface area contributed by atoms with Crippen molar-refractivity contribution in [3.63, 3.8) is 0 Å². The molecule has 0 aromatic rings. The Kier molecular flexibility index (Phi) is 6.85. The Bertz CT molecular complexity index is 257. The summed E-state index contributed by atoms with van der Waals surface area (Å²) in [7, 11) is 0. The molecule has 4 nitrogen and oxygen atoms in total. The summed E-state index contributed by atoms with van der Waals surface area (Å²) in [5.74, 6) is -0.417. The molecule has 17 heavy (non-hydrogen) atoms. The molecular weight excluding hydrogens is 218 g/mol. The number of carbonyl (C=O) groups excluding carboxylic acids is 1. The zero-order valence-corrected chi connectivity index (χ0v) is 11.4. The first-order valence-electron chi connectivity index (χ1n) is 6.38. The molecule has 2 N–H and O–H groups in total. The number of amides is 1. The second-order valence-corrected chi connectivity index (χ2v) is 5.04. The summed E-state index contributed by atoms with van der Waals surface area (Å²) in [5.41, 5.74) is -0.583. The molecule has 0 fully saturated rings. The zero-order valence-electron chi connectivity index (χ0n) is 11.4. The van der Waals surface area contributed by atoms with E-state index >= 15 is 0 Å². The van der Waals surface area contributed by atoms with Crippen LogP contribution in [0.4, 0.5) is 0 Å². The first-order chi connectivity index (χ1) is 7.85. The van der Waals surface area contributed by atoms with E-state index in [1.165, 1.54) is 0 Å². The second-order valence-electron chi connectivity index (χ2n) is 5.04. The molecule has 0 aromatic heterocycles. The summed E-state index contributed by atoms with van der Waals surface area (Å²) in [6.07, 6.45) is 2.58. The van der Waals surface area contributed by atoms with Crippen molar-refractivity contribution < 1.29 is 14.7 Å². The molecule has 0 aliphatic rings. The number of carbonyl (C=O) groups is 2. The maximum atomic E-state index is 11.8. The van der Waals surface area contributed by atoms with E-state index in [-0.39, 0.29) is 12.3 Å². The van der Waals surface area contributed by atoms with Crippen LogP contribution in [0.1, 0.15) is 59.8 Å². The van der Waals surface area contributed by atoms with Gasteiger partial charge in [-0.2, -0.15) is 0 Å². The van der Waals surface area contributed by atoms with Crippen molar-refractivity contribution in [1.82, 2.24) is 5.32 Å². The van der Waals surface area contributed by atoms with E-state index in [4.69, 9.17) is 5.11 Å². The molecule has 1 amide bonds. The molecule has 0 radical (unpaired) electrons. The molecule has 0 atom stereocenters. The Morgan fingerprint density at radius 1 is 1.24 bits per heavy atom. The van der Waals surface area contributed by atoms with Gasteiger partial charge in [0.2, 0.25) is 5.91 Å². The lowest BCUT2D eigenvalue weighted by Crippen LogP contribution is -2.49. The van der Waals surface area contributed by atoms with Crippen LogP contribution in [0.2, 0.25) is 0 Å². The summed E-state index contributed by atoms with van der Waals surface area (Å²) in [4.78, 5) is 22.6. The highest BCUT2D eigenvalue weighted by Crippen LogP contribution is 2.20. The van der Waals surface area contributed by atoms with Gasteiger partial charge < -0.3 is 10.4 Å². The monoisotopic (exact) mass is 243 g/mol. The second kappa shape index (κ2) is 7.30. The number of rotatable bonds is 8. The summed E-state index contributed by atoms with van der Waals surface area (Å²) in [5, 5.41) is 11.8. The molecule has 0 rings (SSSR count). The average Bonchev–Trinajstić information content (AvgIpc) is 2.24. The number of hydrogen-bond donors (Lipinski definition) is 2. The topological polar surface area (TPSA) is 66.4 Å². The lowest BCUT2D eigenvalue weighted by Gasteiger charge is -2.31. The summed E-state index contributed by atoms with van der Waals surface area (Å²) in [6.45, 7) is 7.96. The highest BCUT2D eigenvalue weighted by molar-refractivity contribution is 5.78. The fraction of sp³-hybridized carbons (Fsp3) is 0.846. The standard InChI is InChI=1S/C13H25NO3/c1-5-13(6-2,9-12(16)17)14-11(15)8-7-10(3)4/h10H,5-9H2,1-4H3,(H,14,15)(H,16,17). The van der Waals surface area contributed by atoms with Crippen molar-refractivity contribution in [1.29, 1.82) is 0 Å². The van der Waals surface area contributed by atoms with Gasteiger partial charge in [0.15, 0.2) is 0 Å². The van der Waals surface area contributed by atoms with Crippen molar-refractivity contribution >= 4 is 11.9 Å². The minimum absolute atomic E-state index is 0.00653. The Morgan fingerprint density at radius 2 is 1.76 bits per heavy atom. The fourth-order valence-electron chi connectivity index (χ4n) is 1.79. The highest BCUT2D eigenvalue weighted by atomic mass is 16.4. The van der Waals surface area contributed by atoms with Gasteiger partial charge in [-0.3, -0.25) is 9.59 Å². The number of aliphatic carboxylic acids is 1. The Balaban J connectivity index is 4.42. The first kappa shape index (κ1) is 15.9. The lowest BCUT2D eigenvalue weighted by molar-refractivity contribution is -0.139. The van der Waals surface area contributed by atoms with Crippen LogP contribution in [-0.2, 0) is 9.59 Å². The predicted molar refractivity (Wildman–Crippen MR) is 67.8 cm³/mol. The van der Waals surface area contributed by atoms with E-state index in [0.29, 0.717) is 25.2 Å². The molecule has 0 heterocycles. The summed E-state index contributed by atoms with van der Waals surface area (Å²) < 4.78 is 0. The van der Waals surface area contributed by atoms with Crippen LogP contribution in [0.15, 0.2) is 0 Å². The number of carboxylic acids is 1. The minimum Gasteiger partial charge on any atom is -0.481 e. The average molecular weight is 243 g/mol. The van der Waals surface area contributed by atoms with Crippen LogP contribution in [0.5, 0.6) is 0 Å². The van der Waals surface area contributed by atoms with Gasteiger partial charge in [-0.25, -0.2) is 0 Å². The number of carboxylic acid groups (broad SMARTS) is 1. The van der Waals surface area contributed by atoms with Crippen LogP contribution in [-0.4, -0.2) is 22.5 Å². The van der Waals surface area contributed by atoms with Crippen LogP contribution in [0, 0.1) is 5.92 Å². The third-order valence-corrected chi connectivity index (χ3v) is 3.20. The predicted octanol–water partition coefficient (Wildman–Crippen LogP) is 2.57. The van der Waals surface area contributed by atoms with Gasteiger partial charge in [0, 0.05) is 12.0 Å². The first-order valence-corrected chi connectivity index (χ1v) is 6.38. The van der Waals surface area contributed by atoms with Crippen LogP contribution >= 0.6 is 0 Å². The van der Waals surface area contributed by atoms with Crippen molar-refractivity contribution in [2.24, 2.45) is 5.92 Å². The smallest absolute Gasteiger partial charge is 0.305 e. The van der Waals surface area contributed by atoms with Crippen LogP contribution in [0.25, 0.3) is 0 Å². The molecule has 0 unspecified atom stereocenters. The maximum absolute atomic E-state index is 11.8. The number of hydrogen-bond acceptors (Lipinski definition) is 2. The summed E-state index contributed by atoms with van der Waals surface area (Å²) >= 11 is 0. The van der Waals surface area contributed by atoms with E-state index in [1.807, 2.05) is 13.8 Å². The normalized spacial score (nSPS) is 11.6. The molecule has 0 saturated carbocycles. The summed E-state index contributed by atoms with van der Waals surface area (Å²) in [6, 6.07) is 0. The van der Waals surface area contributed by atoms with Gasteiger partial charge in [0.05, 0.1) is 6.42 Å². The van der Waals surface area contributed by atoms with Gasteiger partial charge in [0.1, 0.15) is 0 Å². The van der Waals surface area contributed by atoms with Crippen molar-refractivity contribution in [3.8, 4) is 0 Å². The molecule has 0 bridgehead atoms. The molecule has 0 aliphatic carbocycles. The highest BCUT2D eigenvalue weighted by Gasteiger charge is 2.30. The number of nitrogens with one attached hydrogen (secondary N) is 1. The zero-order chi connectivity index (χ0) is 13.5. The van der Waals surface area contributed by atoms with E-state index in [2.05, 4.69) is 19.2 Å². The molecule has 4 heteroatoms. The van der Waals surface area contributed by atoms with E-state index in [1.54, 1.807) is 0 Å². The van der Waals surface area contributed by atoms with Crippen LogP contribution < -0.4 is 5.32 Å². The van der Waals surface area contributed by atoms with E-state index in [0.717, 1.165) is 6.42 Å². The molecule has 0 aromatic carbocycles. The minimum atomic E-state index is -0.863. The third-order valence-electron chi connectivity index (χ3n) is 3.20. The maximum Gasteiger partial charge on any atom is 0.305 e. The third kappa shape index (κ3) is 6.29. The quantitative estimate of drug-likeness (QED) is 0.688. The van der Waals surface area contributed by atoms with Crippen molar-refractivity contribution in [2.45, 2.75) is 65.3 Å². The Labute approximate surface area is 104 Å². The molecule has 0 saturated heterocycles. The molecule has 100 valence electrons. The Morgan fingerprint density at radius 3 is 2.12 bits per heavy atom. The molecule has 0 spiro atoms. The van der Waals surface area contributed by atoms with Gasteiger partial charge in [-0.15, -0.1) is 0 Å². The molecular formula is C13H25NO3.